The number of hydrogen-bond donors (Lipinski definition) is 2. The molecule has 0 saturated heterocycles. The Balaban J connectivity index is -0.0000000112. The average Bonchev–Trinajstić information content (AvgIpc) is 1.25. The topological polar surface area (TPSA) is 106 Å². The summed E-state index contributed by atoms with van der Waals surface area (Å²) in [5, 5.41) is 14.8. The average molecular weight is 164 g/mol. The SMILES string of the molecule is CC(=O)O.CC(=O)O.O.[H-].[H-].[Mg+2]. The largest absolute Gasteiger partial charge is 2.00 e. The third kappa shape index (κ3) is 3060. The van der Waals surface area contributed by atoms with Crippen molar-refractivity contribution in [1.29, 1.82) is 0 Å². The summed E-state index contributed by atoms with van der Waals surface area (Å²) in [5.41, 5.74) is 0. The minimum atomic E-state index is -0.833. The molecule has 0 fully saturated rings. The fourth-order valence-corrected chi connectivity index (χ4v) is 0. The minimum absolute atomic E-state index is 0. The third-order valence-electron chi connectivity index (χ3n) is 0. The zero-order valence-corrected chi connectivity index (χ0v) is 7.33. The quantitative estimate of drug-likeness (QED) is 0.457. The molecule has 10 heavy (non-hydrogen) atoms. The molecule has 0 atom stereocenters. The van der Waals surface area contributed by atoms with E-state index in [9.17, 15) is 0 Å². The molecule has 0 aliphatic rings. The zero-order valence-electron chi connectivity index (χ0n) is 7.92. The van der Waals surface area contributed by atoms with Crippen molar-refractivity contribution in [2.45, 2.75) is 13.8 Å². The molecule has 4 N–H and O–H groups in total. The number of carbonyl (C=O) groups is 2. The van der Waals surface area contributed by atoms with Crippen LogP contribution in [0.5, 0.6) is 0 Å². The summed E-state index contributed by atoms with van der Waals surface area (Å²) >= 11 is 0. The molecule has 0 radical (unpaired) electrons. The van der Waals surface area contributed by atoms with Crippen molar-refractivity contribution >= 4 is 35.0 Å². The first-order valence-corrected chi connectivity index (χ1v) is 1.86. The van der Waals surface area contributed by atoms with Crippen molar-refractivity contribution < 1.29 is 28.1 Å². The van der Waals surface area contributed by atoms with Gasteiger partial charge in [-0.25, -0.2) is 0 Å². The van der Waals surface area contributed by atoms with Gasteiger partial charge in [0.05, 0.1) is 0 Å². The van der Waals surface area contributed by atoms with E-state index < -0.39 is 11.9 Å². The maximum atomic E-state index is 9.00. The second-order valence-electron chi connectivity index (χ2n) is 1.04. The van der Waals surface area contributed by atoms with Gasteiger partial charge in [-0.05, 0) is 0 Å². The van der Waals surface area contributed by atoms with Gasteiger partial charge in [0.2, 0.25) is 0 Å². The smallest absolute Gasteiger partial charge is 1.00 e. The van der Waals surface area contributed by atoms with Crippen LogP contribution in [0.15, 0.2) is 0 Å². The molecule has 0 rings (SSSR count). The van der Waals surface area contributed by atoms with E-state index in [1.54, 1.807) is 0 Å². The van der Waals surface area contributed by atoms with E-state index in [4.69, 9.17) is 19.8 Å². The monoisotopic (exact) mass is 164 g/mol. The van der Waals surface area contributed by atoms with Crippen LogP contribution < -0.4 is 0 Å². The summed E-state index contributed by atoms with van der Waals surface area (Å²) < 4.78 is 0. The van der Waals surface area contributed by atoms with Gasteiger partial charge in [0.15, 0.2) is 0 Å². The molecular formula is C4H12MgO5. The van der Waals surface area contributed by atoms with E-state index >= 15 is 0 Å². The molecule has 0 aromatic carbocycles. The van der Waals surface area contributed by atoms with Gasteiger partial charge in [-0.1, -0.05) is 0 Å². The van der Waals surface area contributed by atoms with Crippen molar-refractivity contribution in [2.75, 3.05) is 0 Å². The molecule has 0 spiro atoms. The first-order valence-electron chi connectivity index (χ1n) is 1.86. The predicted molar refractivity (Wildman–Crippen MR) is 38.2 cm³/mol. The number of hydrogen-bond acceptors (Lipinski definition) is 2. The Labute approximate surface area is 77.5 Å². The maximum Gasteiger partial charge on any atom is 2.00 e. The van der Waals surface area contributed by atoms with Gasteiger partial charge < -0.3 is 18.5 Å². The Bertz CT molecular complexity index is 79.4. The van der Waals surface area contributed by atoms with Crippen molar-refractivity contribution in [3.8, 4) is 0 Å². The Kier molecular flexibility index (Phi) is 35.9. The summed E-state index contributed by atoms with van der Waals surface area (Å²) in [6.07, 6.45) is 0. The standard InChI is InChI=1S/2C2H4O2.Mg.H2O.2H/c2*1-2(3)4;;;;/h2*1H3,(H,3,4);;1H2;;/q;;+2;;2*-1. The number of rotatable bonds is 0. The Morgan fingerprint density at radius 3 is 1.10 bits per heavy atom. The van der Waals surface area contributed by atoms with Crippen LogP contribution in [0.1, 0.15) is 16.7 Å². The van der Waals surface area contributed by atoms with E-state index in [1.807, 2.05) is 0 Å². The van der Waals surface area contributed by atoms with Crippen LogP contribution in [0.4, 0.5) is 0 Å². The fraction of sp³-hybridized carbons (Fsp3) is 0.500. The van der Waals surface area contributed by atoms with Crippen LogP contribution in [-0.2, 0) is 9.59 Å². The summed E-state index contributed by atoms with van der Waals surface area (Å²) in [4.78, 5) is 18.0. The Hall–Kier alpha value is -0.334. The normalized spacial score (nSPS) is 5.00. The molecule has 0 aromatic rings. The van der Waals surface area contributed by atoms with Crippen molar-refractivity contribution in [2.24, 2.45) is 0 Å². The molecule has 60 valence electrons. The van der Waals surface area contributed by atoms with Gasteiger partial charge in [0.25, 0.3) is 11.9 Å². The van der Waals surface area contributed by atoms with Gasteiger partial charge in [0.1, 0.15) is 0 Å². The molecule has 0 aliphatic carbocycles. The van der Waals surface area contributed by atoms with Gasteiger partial charge >= 0.3 is 23.1 Å². The van der Waals surface area contributed by atoms with Crippen molar-refractivity contribution in [1.82, 2.24) is 0 Å². The van der Waals surface area contributed by atoms with Crippen LogP contribution in [0, 0.1) is 0 Å². The molecule has 6 heteroatoms. The summed E-state index contributed by atoms with van der Waals surface area (Å²) in [5.74, 6) is -1.67. The van der Waals surface area contributed by atoms with Gasteiger partial charge in [-0.3, -0.25) is 9.59 Å². The molecule has 0 heterocycles. The van der Waals surface area contributed by atoms with Crippen LogP contribution in [0.2, 0.25) is 0 Å². The van der Waals surface area contributed by atoms with E-state index in [1.165, 1.54) is 0 Å². The first kappa shape index (κ1) is 22.6. The third-order valence-corrected chi connectivity index (χ3v) is 0. The second-order valence-corrected chi connectivity index (χ2v) is 1.04. The van der Waals surface area contributed by atoms with Gasteiger partial charge in [-0.2, -0.15) is 0 Å². The Morgan fingerprint density at radius 1 is 1.10 bits per heavy atom. The molecule has 0 amide bonds. The van der Waals surface area contributed by atoms with E-state index in [-0.39, 0.29) is 31.4 Å². The molecule has 0 bridgehead atoms. The molecule has 0 saturated carbocycles. The molecular weight excluding hydrogens is 152 g/mol. The molecule has 0 unspecified atom stereocenters. The van der Waals surface area contributed by atoms with Crippen LogP contribution >= 0.6 is 0 Å². The van der Waals surface area contributed by atoms with E-state index in [0.717, 1.165) is 13.8 Å². The maximum absolute atomic E-state index is 9.00. The molecule has 0 aliphatic heterocycles. The Morgan fingerprint density at radius 2 is 1.10 bits per heavy atom. The van der Waals surface area contributed by atoms with Crippen molar-refractivity contribution in [3.63, 3.8) is 0 Å². The zero-order chi connectivity index (χ0) is 7.15. The van der Waals surface area contributed by atoms with Crippen LogP contribution in [0.3, 0.4) is 0 Å². The molecule has 5 nitrogen and oxygen atoms in total. The van der Waals surface area contributed by atoms with Gasteiger partial charge in [-0.15, -0.1) is 0 Å². The van der Waals surface area contributed by atoms with Crippen LogP contribution in [0.25, 0.3) is 0 Å². The van der Waals surface area contributed by atoms with E-state index in [2.05, 4.69) is 0 Å². The van der Waals surface area contributed by atoms with Crippen molar-refractivity contribution in [3.05, 3.63) is 0 Å². The van der Waals surface area contributed by atoms with Crippen LogP contribution in [-0.4, -0.2) is 50.7 Å². The minimum Gasteiger partial charge on any atom is -1.00 e. The second kappa shape index (κ2) is 15.9. The fourth-order valence-electron chi connectivity index (χ4n) is 0. The summed E-state index contributed by atoms with van der Waals surface area (Å²) in [6.45, 7) is 2.17. The number of carboxylic acids is 2. The van der Waals surface area contributed by atoms with Gasteiger partial charge in [0, 0.05) is 13.8 Å². The van der Waals surface area contributed by atoms with E-state index in [0.29, 0.717) is 0 Å². The predicted octanol–water partition coefficient (Wildman–Crippen LogP) is -0.799. The summed E-state index contributed by atoms with van der Waals surface area (Å²) in [7, 11) is 0. The number of carboxylic acid groups (broad SMARTS) is 2. The molecule has 0 aromatic heterocycles. The number of aliphatic carboxylic acids is 2. The first-order chi connectivity index (χ1) is 3.46. The summed E-state index contributed by atoms with van der Waals surface area (Å²) in [6, 6.07) is 0.